The molecule has 0 aliphatic heterocycles. The summed E-state index contributed by atoms with van der Waals surface area (Å²) < 4.78 is 10.1. The fraction of sp³-hybridized carbons (Fsp3) is 0.909. The second-order valence-corrected chi connectivity index (χ2v) is 4.09. The molecule has 1 rings (SSSR count). The first kappa shape index (κ1) is 12.5. The Labute approximate surface area is 91.3 Å². The van der Waals surface area contributed by atoms with E-state index in [4.69, 9.17) is 9.47 Å². The molecule has 1 unspecified atom stereocenters. The summed E-state index contributed by atoms with van der Waals surface area (Å²) >= 11 is 0. The van der Waals surface area contributed by atoms with Crippen LogP contribution >= 0.6 is 0 Å². The molecule has 0 heterocycles. The molecule has 1 aliphatic carbocycles. The zero-order chi connectivity index (χ0) is 11.3. The molecule has 0 aromatic carbocycles. The van der Waals surface area contributed by atoms with Gasteiger partial charge in [-0.25, -0.2) is 0 Å². The second kappa shape index (κ2) is 6.08. The number of rotatable bonds is 6. The molecule has 15 heavy (non-hydrogen) atoms. The number of methoxy groups -OCH3 is 1. The highest BCUT2D eigenvalue weighted by Crippen LogP contribution is 2.22. The predicted octanol–water partition coefficient (Wildman–Crippen LogP) is 0.953. The van der Waals surface area contributed by atoms with Crippen molar-refractivity contribution in [1.82, 2.24) is 5.32 Å². The van der Waals surface area contributed by atoms with E-state index in [9.17, 15) is 4.79 Å². The van der Waals surface area contributed by atoms with E-state index in [1.807, 2.05) is 13.8 Å². The number of ether oxygens (including phenoxy) is 2. The Hall–Kier alpha value is -0.610. The molecule has 0 radical (unpaired) electrons. The van der Waals surface area contributed by atoms with Crippen LogP contribution in [-0.4, -0.2) is 38.4 Å². The summed E-state index contributed by atoms with van der Waals surface area (Å²) in [5, 5.41) is 3.34. The molecule has 4 nitrogen and oxygen atoms in total. The SMILES string of the molecule is CCOC(=O)C(C)CNC1CC(OC)C1. The maximum Gasteiger partial charge on any atom is 0.309 e. The Morgan fingerprint density at radius 3 is 2.73 bits per heavy atom. The van der Waals surface area contributed by atoms with Crippen molar-refractivity contribution >= 4 is 5.97 Å². The second-order valence-electron chi connectivity index (χ2n) is 4.09. The molecule has 1 aliphatic rings. The Bertz CT molecular complexity index is 202. The van der Waals surface area contributed by atoms with Crippen molar-refractivity contribution in [1.29, 1.82) is 0 Å². The van der Waals surface area contributed by atoms with Gasteiger partial charge in [0.2, 0.25) is 0 Å². The molecule has 0 amide bonds. The highest BCUT2D eigenvalue weighted by molar-refractivity contribution is 5.72. The molecule has 0 aromatic heterocycles. The topological polar surface area (TPSA) is 47.6 Å². The summed E-state index contributed by atoms with van der Waals surface area (Å²) in [5.41, 5.74) is 0. The van der Waals surface area contributed by atoms with Crippen LogP contribution in [0.3, 0.4) is 0 Å². The van der Waals surface area contributed by atoms with Crippen molar-refractivity contribution in [2.45, 2.75) is 38.8 Å². The minimum atomic E-state index is -0.118. The minimum Gasteiger partial charge on any atom is -0.466 e. The zero-order valence-corrected chi connectivity index (χ0v) is 9.79. The van der Waals surface area contributed by atoms with Gasteiger partial charge in [0, 0.05) is 19.7 Å². The molecule has 4 heteroatoms. The van der Waals surface area contributed by atoms with E-state index < -0.39 is 0 Å². The lowest BCUT2D eigenvalue weighted by atomic mass is 9.89. The molecule has 0 aromatic rings. The Morgan fingerprint density at radius 1 is 1.53 bits per heavy atom. The smallest absolute Gasteiger partial charge is 0.309 e. The number of hydrogen-bond donors (Lipinski definition) is 1. The molecule has 88 valence electrons. The lowest BCUT2D eigenvalue weighted by Gasteiger charge is -2.35. The number of nitrogens with one attached hydrogen (secondary N) is 1. The Kier molecular flexibility index (Phi) is 5.05. The fourth-order valence-corrected chi connectivity index (χ4v) is 1.64. The summed E-state index contributed by atoms with van der Waals surface area (Å²) in [6.07, 6.45) is 2.50. The van der Waals surface area contributed by atoms with E-state index in [1.165, 1.54) is 0 Å². The number of esters is 1. The third-order valence-corrected chi connectivity index (χ3v) is 2.83. The van der Waals surface area contributed by atoms with Crippen LogP contribution in [0.25, 0.3) is 0 Å². The normalized spacial score (nSPS) is 26.9. The predicted molar refractivity (Wildman–Crippen MR) is 57.6 cm³/mol. The summed E-state index contributed by atoms with van der Waals surface area (Å²) in [7, 11) is 1.74. The summed E-state index contributed by atoms with van der Waals surface area (Å²) in [6.45, 7) is 4.86. The van der Waals surface area contributed by atoms with E-state index >= 15 is 0 Å². The first-order valence-corrected chi connectivity index (χ1v) is 5.60. The first-order chi connectivity index (χ1) is 7.17. The van der Waals surface area contributed by atoms with Crippen molar-refractivity contribution in [3.8, 4) is 0 Å². The van der Waals surface area contributed by atoms with Crippen LogP contribution in [0, 0.1) is 5.92 Å². The number of carbonyl (C=O) groups excluding carboxylic acids is 1. The quantitative estimate of drug-likeness (QED) is 0.670. The van der Waals surface area contributed by atoms with Crippen LogP contribution in [0.15, 0.2) is 0 Å². The van der Waals surface area contributed by atoms with E-state index in [0.717, 1.165) is 12.8 Å². The van der Waals surface area contributed by atoms with Gasteiger partial charge in [-0.3, -0.25) is 4.79 Å². The lowest BCUT2D eigenvalue weighted by Crippen LogP contribution is -2.47. The van der Waals surface area contributed by atoms with Crippen LogP contribution in [0.1, 0.15) is 26.7 Å². The van der Waals surface area contributed by atoms with Gasteiger partial charge in [-0.05, 0) is 19.8 Å². The molecule has 1 atom stereocenters. The molecule has 1 saturated carbocycles. The lowest BCUT2D eigenvalue weighted by molar-refractivity contribution is -0.147. The molecular weight excluding hydrogens is 194 g/mol. The van der Waals surface area contributed by atoms with Crippen LogP contribution < -0.4 is 5.32 Å². The van der Waals surface area contributed by atoms with E-state index in [2.05, 4.69) is 5.32 Å². The molecule has 1 fully saturated rings. The highest BCUT2D eigenvalue weighted by Gasteiger charge is 2.29. The highest BCUT2D eigenvalue weighted by atomic mass is 16.5. The van der Waals surface area contributed by atoms with Gasteiger partial charge in [0.25, 0.3) is 0 Å². The first-order valence-electron chi connectivity index (χ1n) is 5.60. The average molecular weight is 215 g/mol. The van der Waals surface area contributed by atoms with Crippen LogP contribution in [-0.2, 0) is 14.3 Å². The fourth-order valence-electron chi connectivity index (χ4n) is 1.64. The van der Waals surface area contributed by atoms with Gasteiger partial charge >= 0.3 is 5.97 Å². The summed E-state index contributed by atoms with van der Waals surface area (Å²) in [4.78, 5) is 11.3. The van der Waals surface area contributed by atoms with Gasteiger partial charge in [-0.15, -0.1) is 0 Å². The van der Waals surface area contributed by atoms with Crippen molar-refractivity contribution in [2.75, 3.05) is 20.3 Å². The Morgan fingerprint density at radius 2 is 2.20 bits per heavy atom. The minimum absolute atomic E-state index is 0.0634. The van der Waals surface area contributed by atoms with Gasteiger partial charge < -0.3 is 14.8 Å². The van der Waals surface area contributed by atoms with Crippen molar-refractivity contribution in [3.05, 3.63) is 0 Å². The van der Waals surface area contributed by atoms with E-state index in [-0.39, 0.29) is 11.9 Å². The van der Waals surface area contributed by atoms with Gasteiger partial charge in [0.15, 0.2) is 0 Å². The van der Waals surface area contributed by atoms with Gasteiger partial charge in [0.1, 0.15) is 0 Å². The average Bonchev–Trinajstić information content (AvgIpc) is 2.15. The summed E-state index contributed by atoms with van der Waals surface area (Å²) in [6, 6.07) is 0.506. The van der Waals surface area contributed by atoms with Gasteiger partial charge in [-0.1, -0.05) is 6.92 Å². The Balaban J connectivity index is 2.07. The largest absolute Gasteiger partial charge is 0.466 e. The van der Waals surface area contributed by atoms with Crippen molar-refractivity contribution in [3.63, 3.8) is 0 Å². The van der Waals surface area contributed by atoms with Gasteiger partial charge in [-0.2, -0.15) is 0 Å². The van der Waals surface area contributed by atoms with E-state index in [1.54, 1.807) is 7.11 Å². The summed E-state index contributed by atoms with van der Waals surface area (Å²) in [5.74, 6) is -0.181. The van der Waals surface area contributed by atoms with E-state index in [0.29, 0.717) is 25.3 Å². The van der Waals surface area contributed by atoms with Crippen LogP contribution in [0.5, 0.6) is 0 Å². The molecule has 0 spiro atoms. The third-order valence-electron chi connectivity index (χ3n) is 2.83. The van der Waals surface area contributed by atoms with Crippen LogP contribution in [0.2, 0.25) is 0 Å². The molecule has 1 N–H and O–H groups in total. The van der Waals surface area contributed by atoms with Gasteiger partial charge in [0.05, 0.1) is 18.6 Å². The molecule has 0 saturated heterocycles. The maximum absolute atomic E-state index is 11.3. The zero-order valence-electron chi connectivity index (χ0n) is 9.79. The standard InChI is InChI=1S/C11H21NO3/c1-4-15-11(13)8(2)7-12-9-5-10(6-9)14-3/h8-10,12H,4-7H2,1-3H3. The van der Waals surface area contributed by atoms with Crippen molar-refractivity contribution in [2.24, 2.45) is 5.92 Å². The van der Waals surface area contributed by atoms with Crippen LogP contribution in [0.4, 0.5) is 0 Å². The number of hydrogen-bond acceptors (Lipinski definition) is 4. The maximum atomic E-state index is 11.3. The third kappa shape index (κ3) is 3.80. The monoisotopic (exact) mass is 215 g/mol. The number of carbonyl (C=O) groups is 1. The van der Waals surface area contributed by atoms with Crippen molar-refractivity contribution < 1.29 is 14.3 Å². The molecule has 0 bridgehead atoms. The molecular formula is C11H21NO3.